The molecule has 3 nitrogen and oxygen atoms in total. The van der Waals surface area contributed by atoms with Crippen LogP contribution >= 0.6 is 11.6 Å². The predicted molar refractivity (Wildman–Crippen MR) is 62.2 cm³/mol. The van der Waals surface area contributed by atoms with Crippen molar-refractivity contribution in [1.29, 1.82) is 0 Å². The molecule has 0 radical (unpaired) electrons. The molecule has 0 saturated heterocycles. The number of hydrogen-bond acceptors (Lipinski definition) is 3. The van der Waals surface area contributed by atoms with Gasteiger partial charge in [0, 0.05) is 11.9 Å². The Morgan fingerprint density at radius 1 is 1.53 bits per heavy atom. The maximum Gasteiger partial charge on any atom is 0.149 e. The van der Waals surface area contributed by atoms with Crippen molar-refractivity contribution in [2.75, 3.05) is 11.2 Å². The lowest BCUT2D eigenvalue weighted by Gasteiger charge is -2.19. The fourth-order valence-corrected chi connectivity index (χ4v) is 2.51. The molecule has 2 rings (SSSR count). The van der Waals surface area contributed by atoms with E-state index >= 15 is 0 Å². The van der Waals surface area contributed by atoms with Crippen LogP contribution in [0, 0.1) is 12.8 Å². The number of halogens is 1. The molecule has 1 aromatic rings. The minimum Gasteiger partial charge on any atom is -0.366 e. The van der Waals surface area contributed by atoms with Gasteiger partial charge in [-0.2, -0.15) is 5.10 Å². The highest BCUT2D eigenvalue weighted by Gasteiger charge is 2.26. The topological polar surface area (TPSA) is 37.8 Å². The van der Waals surface area contributed by atoms with E-state index in [9.17, 15) is 0 Å². The van der Waals surface area contributed by atoms with Gasteiger partial charge in [-0.15, -0.1) is 16.7 Å². The molecule has 1 aliphatic carbocycles. The summed E-state index contributed by atoms with van der Waals surface area (Å²) in [6.45, 7) is 2.02. The quantitative estimate of drug-likeness (QED) is 0.804. The summed E-state index contributed by atoms with van der Waals surface area (Å²) in [5.41, 5.74) is 1.13. The minimum atomic E-state index is 0.471. The molecule has 0 aromatic carbocycles. The smallest absolute Gasteiger partial charge is 0.149 e. The Bertz CT molecular complexity index is 329. The van der Waals surface area contributed by atoms with Gasteiger partial charge in [0.15, 0.2) is 0 Å². The molecule has 0 spiro atoms. The Morgan fingerprint density at radius 3 is 3.13 bits per heavy atom. The van der Waals surface area contributed by atoms with Crippen LogP contribution in [0.3, 0.4) is 0 Å². The Hall–Kier alpha value is -0.830. The van der Waals surface area contributed by atoms with Crippen LogP contribution in [-0.2, 0) is 0 Å². The van der Waals surface area contributed by atoms with E-state index in [0.29, 0.717) is 12.0 Å². The molecule has 2 atom stereocenters. The van der Waals surface area contributed by atoms with Gasteiger partial charge in [0.25, 0.3) is 0 Å². The minimum absolute atomic E-state index is 0.471. The van der Waals surface area contributed by atoms with Gasteiger partial charge >= 0.3 is 0 Å². The number of hydrogen-bond donors (Lipinski definition) is 1. The largest absolute Gasteiger partial charge is 0.366 e. The number of rotatable bonds is 3. The van der Waals surface area contributed by atoms with E-state index in [1.54, 1.807) is 6.20 Å². The van der Waals surface area contributed by atoms with E-state index in [-0.39, 0.29) is 0 Å². The van der Waals surface area contributed by atoms with Crippen LogP contribution in [0.4, 0.5) is 5.82 Å². The molecule has 0 bridgehead atoms. The van der Waals surface area contributed by atoms with Crippen LogP contribution < -0.4 is 5.32 Å². The maximum atomic E-state index is 5.92. The van der Waals surface area contributed by atoms with Crippen molar-refractivity contribution < 1.29 is 0 Å². The van der Waals surface area contributed by atoms with Crippen molar-refractivity contribution in [3.8, 4) is 0 Å². The summed E-state index contributed by atoms with van der Waals surface area (Å²) < 4.78 is 0. The SMILES string of the molecule is Cc1cnnc(NC2CCCC2CCl)c1. The van der Waals surface area contributed by atoms with Crippen LogP contribution in [0.2, 0.25) is 0 Å². The molecular weight excluding hydrogens is 210 g/mol. The third-order valence-electron chi connectivity index (χ3n) is 2.98. The molecule has 1 N–H and O–H groups in total. The Kier molecular flexibility index (Phi) is 3.41. The molecule has 82 valence electrons. The van der Waals surface area contributed by atoms with Crippen LogP contribution in [0.5, 0.6) is 0 Å². The number of aryl methyl sites for hydroxylation is 1. The maximum absolute atomic E-state index is 5.92. The van der Waals surface area contributed by atoms with Gasteiger partial charge in [-0.1, -0.05) is 6.42 Å². The lowest BCUT2D eigenvalue weighted by atomic mass is 10.1. The fourth-order valence-electron chi connectivity index (χ4n) is 2.14. The average Bonchev–Trinajstić information content (AvgIpc) is 2.65. The normalized spacial score (nSPS) is 25.5. The van der Waals surface area contributed by atoms with Gasteiger partial charge in [0.05, 0.1) is 6.20 Å². The summed E-state index contributed by atoms with van der Waals surface area (Å²) in [6.07, 6.45) is 5.43. The fraction of sp³-hybridized carbons (Fsp3) is 0.636. The summed E-state index contributed by atoms with van der Waals surface area (Å²) in [4.78, 5) is 0. The molecule has 0 amide bonds. The van der Waals surface area contributed by atoms with Gasteiger partial charge in [0.2, 0.25) is 0 Å². The zero-order valence-corrected chi connectivity index (χ0v) is 9.67. The first-order valence-electron chi connectivity index (χ1n) is 5.41. The first-order valence-corrected chi connectivity index (χ1v) is 5.95. The molecule has 1 saturated carbocycles. The first kappa shape index (κ1) is 10.7. The third kappa shape index (κ3) is 2.59. The summed E-state index contributed by atoms with van der Waals surface area (Å²) in [7, 11) is 0. The van der Waals surface area contributed by atoms with Gasteiger partial charge in [0.1, 0.15) is 5.82 Å². The van der Waals surface area contributed by atoms with E-state index in [2.05, 4.69) is 15.5 Å². The Labute approximate surface area is 95.2 Å². The highest BCUT2D eigenvalue weighted by atomic mass is 35.5. The summed E-state index contributed by atoms with van der Waals surface area (Å²) >= 11 is 5.92. The van der Waals surface area contributed by atoms with Crippen molar-refractivity contribution in [2.45, 2.75) is 32.2 Å². The number of aromatic nitrogens is 2. The molecule has 1 aliphatic rings. The van der Waals surface area contributed by atoms with Crippen molar-refractivity contribution in [1.82, 2.24) is 10.2 Å². The number of nitrogens with zero attached hydrogens (tertiary/aromatic N) is 2. The molecule has 1 fully saturated rings. The van der Waals surface area contributed by atoms with Gasteiger partial charge in [-0.25, -0.2) is 0 Å². The first-order chi connectivity index (χ1) is 7.29. The summed E-state index contributed by atoms with van der Waals surface area (Å²) in [5.74, 6) is 2.18. The average molecular weight is 226 g/mol. The van der Waals surface area contributed by atoms with Crippen molar-refractivity contribution in [3.63, 3.8) is 0 Å². The monoisotopic (exact) mass is 225 g/mol. The highest BCUT2D eigenvalue weighted by Crippen LogP contribution is 2.28. The number of nitrogens with one attached hydrogen (secondary N) is 1. The van der Waals surface area contributed by atoms with Crippen molar-refractivity contribution in [2.24, 2.45) is 5.92 Å². The molecule has 0 aliphatic heterocycles. The van der Waals surface area contributed by atoms with E-state index in [1.165, 1.54) is 19.3 Å². The van der Waals surface area contributed by atoms with Gasteiger partial charge < -0.3 is 5.32 Å². The molecule has 1 aromatic heterocycles. The van der Waals surface area contributed by atoms with Crippen LogP contribution in [0.25, 0.3) is 0 Å². The van der Waals surface area contributed by atoms with Crippen LogP contribution in [0.15, 0.2) is 12.3 Å². The highest BCUT2D eigenvalue weighted by molar-refractivity contribution is 6.18. The van der Waals surface area contributed by atoms with Gasteiger partial charge in [-0.05, 0) is 37.3 Å². The van der Waals surface area contributed by atoms with Crippen LogP contribution in [0.1, 0.15) is 24.8 Å². The zero-order chi connectivity index (χ0) is 10.7. The standard InChI is InChI=1S/C11H16ClN3/c1-8-5-11(15-13-7-8)14-10-4-2-3-9(10)6-12/h5,7,9-10H,2-4,6H2,1H3,(H,14,15). The van der Waals surface area contributed by atoms with Crippen molar-refractivity contribution >= 4 is 17.4 Å². The van der Waals surface area contributed by atoms with Gasteiger partial charge in [-0.3, -0.25) is 0 Å². The molecule has 15 heavy (non-hydrogen) atoms. The lowest BCUT2D eigenvalue weighted by molar-refractivity contribution is 0.560. The lowest BCUT2D eigenvalue weighted by Crippen LogP contribution is -2.25. The summed E-state index contributed by atoms with van der Waals surface area (Å²) in [6, 6.07) is 2.50. The predicted octanol–water partition coefficient (Wildman–Crippen LogP) is 2.60. The van der Waals surface area contributed by atoms with E-state index < -0.39 is 0 Å². The molecular formula is C11H16ClN3. The number of anilines is 1. The summed E-state index contributed by atoms with van der Waals surface area (Å²) in [5, 5.41) is 11.4. The number of alkyl halides is 1. The van der Waals surface area contributed by atoms with E-state index in [1.807, 2.05) is 13.0 Å². The Balaban J connectivity index is 2.02. The third-order valence-corrected chi connectivity index (χ3v) is 3.38. The second kappa shape index (κ2) is 4.79. The second-order valence-corrected chi connectivity index (χ2v) is 4.52. The van der Waals surface area contributed by atoms with Crippen molar-refractivity contribution in [3.05, 3.63) is 17.8 Å². The van der Waals surface area contributed by atoms with Crippen LogP contribution in [-0.4, -0.2) is 22.1 Å². The second-order valence-electron chi connectivity index (χ2n) is 4.21. The Morgan fingerprint density at radius 2 is 2.40 bits per heavy atom. The molecule has 2 unspecified atom stereocenters. The van der Waals surface area contributed by atoms with E-state index in [4.69, 9.17) is 11.6 Å². The van der Waals surface area contributed by atoms with E-state index in [0.717, 1.165) is 17.3 Å². The molecule has 1 heterocycles. The molecule has 4 heteroatoms. The zero-order valence-electron chi connectivity index (χ0n) is 8.91.